The molecule has 3 heteroatoms. The molecule has 0 amide bonds. The van der Waals surface area contributed by atoms with E-state index in [9.17, 15) is 0 Å². The van der Waals surface area contributed by atoms with Gasteiger partial charge >= 0.3 is 0 Å². The Hall–Kier alpha value is -0.820. The summed E-state index contributed by atoms with van der Waals surface area (Å²) in [6, 6.07) is 4.11. The van der Waals surface area contributed by atoms with E-state index in [4.69, 9.17) is 9.84 Å². The summed E-state index contributed by atoms with van der Waals surface area (Å²) in [6.45, 7) is 5.20. The van der Waals surface area contributed by atoms with Crippen molar-refractivity contribution in [3.8, 4) is 11.8 Å². The van der Waals surface area contributed by atoms with E-state index in [1.165, 1.54) is 30.6 Å². The molecule has 1 N–H and O–H groups in total. The average Bonchev–Trinajstić information content (AvgIpc) is 2.90. The van der Waals surface area contributed by atoms with Crippen molar-refractivity contribution in [3.05, 3.63) is 21.9 Å². The Labute approximate surface area is 127 Å². The molecule has 0 aliphatic carbocycles. The zero-order valence-electron chi connectivity index (χ0n) is 12.7. The van der Waals surface area contributed by atoms with Crippen LogP contribution in [0.5, 0.6) is 0 Å². The Balaban J connectivity index is 2.23. The van der Waals surface area contributed by atoms with Crippen molar-refractivity contribution in [2.45, 2.75) is 65.1 Å². The van der Waals surface area contributed by atoms with E-state index in [0.29, 0.717) is 19.1 Å². The standard InChI is InChI=1S/C17H26O2S/c1-3-4-5-6-9-15(2)19-14-17-12-11-16(20-17)10-7-8-13-18/h11-12,15,18H,3-6,8-9,13-14H2,1-2H3. The Bertz CT molecular complexity index is 414. The molecule has 1 aromatic heterocycles. The molecule has 1 unspecified atom stereocenters. The molecule has 1 atom stereocenters. The maximum absolute atomic E-state index is 8.68. The molecule has 1 heterocycles. The zero-order chi connectivity index (χ0) is 14.6. The molecule has 0 saturated carbocycles. The number of ether oxygens (including phenoxy) is 1. The van der Waals surface area contributed by atoms with Crippen LogP contribution in [0.3, 0.4) is 0 Å². The number of hydrogen-bond acceptors (Lipinski definition) is 3. The maximum atomic E-state index is 8.68. The Kier molecular flexibility index (Phi) is 9.40. The van der Waals surface area contributed by atoms with Gasteiger partial charge in [-0.05, 0) is 25.5 Å². The largest absolute Gasteiger partial charge is 0.395 e. The quantitative estimate of drug-likeness (QED) is 0.542. The van der Waals surface area contributed by atoms with Crippen LogP contribution in [0.15, 0.2) is 12.1 Å². The van der Waals surface area contributed by atoms with Gasteiger partial charge in [-0.2, -0.15) is 0 Å². The first-order valence-corrected chi connectivity index (χ1v) is 8.38. The summed E-state index contributed by atoms with van der Waals surface area (Å²) in [5.74, 6) is 5.99. The molecular formula is C17H26O2S. The van der Waals surface area contributed by atoms with Gasteiger partial charge in [-0.1, -0.05) is 44.4 Å². The summed E-state index contributed by atoms with van der Waals surface area (Å²) in [5, 5.41) is 8.68. The van der Waals surface area contributed by atoms with E-state index >= 15 is 0 Å². The average molecular weight is 294 g/mol. The lowest BCUT2D eigenvalue weighted by molar-refractivity contribution is 0.0475. The molecule has 2 nitrogen and oxygen atoms in total. The van der Waals surface area contributed by atoms with Crippen LogP contribution < -0.4 is 0 Å². The molecule has 0 bridgehead atoms. The van der Waals surface area contributed by atoms with Gasteiger partial charge < -0.3 is 9.84 Å². The Morgan fingerprint density at radius 2 is 2.15 bits per heavy atom. The van der Waals surface area contributed by atoms with E-state index in [1.54, 1.807) is 11.3 Å². The number of thiophene rings is 1. The molecule has 112 valence electrons. The third-order valence-electron chi connectivity index (χ3n) is 3.08. The summed E-state index contributed by atoms with van der Waals surface area (Å²) in [6.07, 6.45) is 7.20. The van der Waals surface area contributed by atoms with Gasteiger partial charge in [0.2, 0.25) is 0 Å². The van der Waals surface area contributed by atoms with Crippen molar-refractivity contribution in [3.63, 3.8) is 0 Å². The molecule has 0 aliphatic heterocycles. The molecule has 0 spiro atoms. The first-order chi connectivity index (χ1) is 9.76. The van der Waals surface area contributed by atoms with Crippen molar-refractivity contribution in [2.75, 3.05) is 6.61 Å². The number of rotatable bonds is 9. The fourth-order valence-electron chi connectivity index (χ4n) is 1.89. The minimum absolute atomic E-state index is 0.129. The predicted molar refractivity (Wildman–Crippen MR) is 85.9 cm³/mol. The Morgan fingerprint density at radius 3 is 2.90 bits per heavy atom. The lowest BCUT2D eigenvalue weighted by atomic mass is 10.1. The van der Waals surface area contributed by atoms with E-state index in [0.717, 1.165) is 11.3 Å². The van der Waals surface area contributed by atoms with Crippen LogP contribution in [-0.4, -0.2) is 17.8 Å². The number of aliphatic hydroxyl groups excluding tert-OH is 1. The minimum atomic E-state index is 0.129. The van der Waals surface area contributed by atoms with Crippen LogP contribution in [0.25, 0.3) is 0 Å². The van der Waals surface area contributed by atoms with Crippen LogP contribution in [0.2, 0.25) is 0 Å². The van der Waals surface area contributed by atoms with Gasteiger partial charge in [0.05, 0.1) is 24.2 Å². The summed E-state index contributed by atoms with van der Waals surface area (Å²) in [7, 11) is 0. The predicted octanol–water partition coefficient (Wildman–Crippen LogP) is 4.36. The fraction of sp³-hybridized carbons (Fsp3) is 0.647. The van der Waals surface area contributed by atoms with Crippen LogP contribution in [0.1, 0.15) is 62.1 Å². The Morgan fingerprint density at radius 1 is 1.30 bits per heavy atom. The highest BCUT2D eigenvalue weighted by Gasteiger charge is 2.04. The van der Waals surface area contributed by atoms with Crippen molar-refractivity contribution >= 4 is 11.3 Å². The van der Waals surface area contributed by atoms with Gasteiger partial charge in [0.25, 0.3) is 0 Å². The van der Waals surface area contributed by atoms with Crippen molar-refractivity contribution < 1.29 is 9.84 Å². The van der Waals surface area contributed by atoms with Gasteiger partial charge in [-0.15, -0.1) is 11.3 Å². The zero-order valence-corrected chi connectivity index (χ0v) is 13.5. The molecule has 20 heavy (non-hydrogen) atoms. The maximum Gasteiger partial charge on any atom is 0.0813 e. The van der Waals surface area contributed by atoms with E-state index < -0.39 is 0 Å². The highest BCUT2D eigenvalue weighted by atomic mass is 32.1. The van der Waals surface area contributed by atoms with Crippen molar-refractivity contribution in [1.29, 1.82) is 0 Å². The second-order valence-electron chi connectivity index (χ2n) is 5.01. The molecule has 0 fully saturated rings. The number of unbranched alkanes of at least 4 members (excludes halogenated alkanes) is 3. The molecular weight excluding hydrogens is 268 g/mol. The van der Waals surface area contributed by atoms with Gasteiger partial charge in [0.15, 0.2) is 0 Å². The smallest absolute Gasteiger partial charge is 0.0813 e. The van der Waals surface area contributed by atoms with Gasteiger partial charge in [-0.3, -0.25) is 0 Å². The number of aliphatic hydroxyl groups is 1. The van der Waals surface area contributed by atoms with Crippen LogP contribution >= 0.6 is 11.3 Å². The van der Waals surface area contributed by atoms with E-state index in [-0.39, 0.29) is 6.61 Å². The second-order valence-corrected chi connectivity index (χ2v) is 6.18. The summed E-state index contributed by atoms with van der Waals surface area (Å²) >= 11 is 1.68. The molecule has 1 aromatic rings. The fourth-order valence-corrected chi connectivity index (χ4v) is 2.70. The molecule has 0 aliphatic rings. The van der Waals surface area contributed by atoms with E-state index in [1.807, 2.05) is 6.07 Å². The van der Waals surface area contributed by atoms with E-state index in [2.05, 4.69) is 31.8 Å². The highest BCUT2D eigenvalue weighted by Crippen LogP contribution is 2.18. The van der Waals surface area contributed by atoms with Crippen molar-refractivity contribution in [1.82, 2.24) is 0 Å². The van der Waals surface area contributed by atoms with Crippen molar-refractivity contribution in [2.24, 2.45) is 0 Å². The van der Waals surface area contributed by atoms with Gasteiger partial charge in [0, 0.05) is 11.3 Å². The third kappa shape index (κ3) is 7.69. The van der Waals surface area contributed by atoms with Crippen LogP contribution in [0, 0.1) is 11.8 Å². The lowest BCUT2D eigenvalue weighted by Crippen LogP contribution is -2.07. The van der Waals surface area contributed by atoms with Crippen LogP contribution in [-0.2, 0) is 11.3 Å². The summed E-state index contributed by atoms with van der Waals surface area (Å²) in [5.41, 5.74) is 0. The molecule has 0 radical (unpaired) electrons. The molecule has 1 rings (SSSR count). The van der Waals surface area contributed by atoms with Gasteiger partial charge in [-0.25, -0.2) is 0 Å². The molecule has 0 saturated heterocycles. The summed E-state index contributed by atoms with van der Waals surface area (Å²) in [4.78, 5) is 2.27. The molecule has 0 aromatic carbocycles. The lowest BCUT2D eigenvalue weighted by Gasteiger charge is -2.11. The monoisotopic (exact) mass is 294 g/mol. The number of hydrogen-bond donors (Lipinski definition) is 1. The van der Waals surface area contributed by atoms with Gasteiger partial charge in [0.1, 0.15) is 0 Å². The normalized spacial score (nSPS) is 11.9. The SMILES string of the molecule is CCCCCCC(C)OCc1ccc(C#CCCO)s1. The van der Waals surface area contributed by atoms with Crippen LogP contribution in [0.4, 0.5) is 0 Å². The second kappa shape index (κ2) is 10.9. The third-order valence-corrected chi connectivity index (χ3v) is 4.06. The summed E-state index contributed by atoms with van der Waals surface area (Å²) < 4.78 is 5.87. The first kappa shape index (κ1) is 17.2. The topological polar surface area (TPSA) is 29.5 Å². The first-order valence-electron chi connectivity index (χ1n) is 7.56. The highest BCUT2D eigenvalue weighted by molar-refractivity contribution is 7.12. The minimum Gasteiger partial charge on any atom is -0.395 e.